The van der Waals surface area contributed by atoms with Gasteiger partial charge in [0.05, 0.1) is 12.2 Å². The summed E-state index contributed by atoms with van der Waals surface area (Å²) in [5, 5.41) is 8.86. The van der Waals surface area contributed by atoms with Crippen LogP contribution < -0.4 is 4.74 Å². The Labute approximate surface area is 172 Å². The highest BCUT2D eigenvalue weighted by atomic mass is 16.5. The molecule has 158 valence electrons. The van der Waals surface area contributed by atoms with Gasteiger partial charge in [-0.1, -0.05) is 76.9 Å². The van der Waals surface area contributed by atoms with E-state index in [0.717, 1.165) is 12.2 Å². The molecular weight excluding hydrogens is 348 g/mol. The minimum Gasteiger partial charge on any atom is -0.494 e. The van der Waals surface area contributed by atoms with E-state index >= 15 is 0 Å². The maximum absolute atomic E-state index is 10.8. The fourth-order valence-corrected chi connectivity index (χ4v) is 3.23. The van der Waals surface area contributed by atoms with Crippen LogP contribution in [-0.2, 0) is 0 Å². The minimum atomic E-state index is -0.903. The summed E-state index contributed by atoms with van der Waals surface area (Å²) < 4.78 is 5.66. The van der Waals surface area contributed by atoms with Crippen LogP contribution in [0.2, 0.25) is 0 Å². The molecule has 3 heteroatoms. The van der Waals surface area contributed by atoms with E-state index in [2.05, 4.69) is 19.1 Å². The number of hydrogen-bond acceptors (Lipinski definition) is 2. The molecule has 0 spiro atoms. The van der Waals surface area contributed by atoms with Crippen molar-refractivity contribution in [2.75, 3.05) is 6.61 Å². The summed E-state index contributed by atoms with van der Waals surface area (Å²) in [5.41, 5.74) is 0.296. The van der Waals surface area contributed by atoms with Crippen molar-refractivity contribution in [2.45, 2.75) is 96.8 Å². The lowest BCUT2D eigenvalue weighted by Gasteiger charge is -2.06. The van der Waals surface area contributed by atoms with Crippen LogP contribution in [0.1, 0.15) is 107 Å². The average Bonchev–Trinajstić information content (AvgIpc) is 2.70. The highest BCUT2D eigenvalue weighted by molar-refractivity contribution is 5.87. The van der Waals surface area contributed by atoms with Gasteiger partial charge in [-0.2, -0.15) is 0 Å². The molecular formula is C25H40O3. The van der Waals surface area contributed by atoms with E-state index in [1.54, 1.807) is 24.3 Å². The van der Waals surface area contributed by atoms with Crippen molar-refractivity contribution in [1.82, 2.24) is 0 Å². The van der Waals surface area contributed by atoms with Crippen LogP contribution in [0.5, 0.6) is 5.75 Å². The summed E-state index contributed by atoms with van der Waals surface area (Å²) in [5.74, 6) is -0.155. The second-order valence-electron chi connectivity index (χ2n) is 7.62. The third-order valence-corrected chi connectivity index (χ3v) is 5.03. The largest absolute Gasteiger partial charge is 0.494 e. The molecule has 0 aliphatic rings. The van der Waals surface area contributed by atoms with Gasteiger partial charge in [-0.25, -0.2) is 4.79 Å². The van der Waals surface area contributed by atoms with Crippen molar-refractivity contribution >= 4 is 5.97 Å². The quantitative estimate of drug-likeness (QED) is 0.206. The summed E-state index contributed by atoms with van der Waals surface area (Å²) in [6.07, 6.45) is 23.0. The number of rotatable bonds is 18. The first-order chi connectivity index (χ1) is 13.7. The fourth-order valence-electron chi connectivity index (χ4n) is 3.23. The van der Waals surface area contributed by atoms with Gasteiger partial charge in [0, 0.05) is 0 Å². The zero-order chi connectivity index (χ0) is 20.3. The van der Waals surface area contributed by atoms with Crippen LogP contribution in [0.3, 0.4) is 0 Å². The molecule has 0 heterocycles. The molecule has 0 fully saturated rings. The maximum atomic E-state index is 10.8. The second-order valence-corrected chi connectivity index (χ2v) is 7.62. The number of hydrogen-bond donors (Lipinski definition) is 1. The van der Waals surface area contributed by atoms with Gasteiger partial charge in [-0.15, -0.1) is 0 Å². The van der Waals surface area contributed by atoms with Crippen LogP contribution in [0.4, 0.5) is 0 Å². The summed E-state index contributed by atoms with van der Waals surface area (Å²) in [6.45, 7) is 2.97. The van der Waals surface area contributed by atoms with E-state index in [0.29, 0.717) is 12.2 Å². The van der Waals surface area contributed by atoms with Gasteiger partial charge < -0.3 is 9.84 Å². The molecule has 3 nitrogen and oxygen atoms in total. The van der Waals surface area contributed by atoms with E-state index in [9.17, 15) is 4.79 Å². The van der Waals surface area contributed by atoms with Gasteiger partial charge in [-0.3, -0.25) is 0 Å². The lowest BCUT2D eigenvalue weighted by molar-refractivity contribution is 0.0697. The summed E-state index contributed by atoms with van der Waals surface area (Å²) in [6, 6.07) is 6.62. The number of carboxylic acid groups (broad SMARTS) is 1. The van der Waals surface area contributed by atoms with Gasteiger partial charge >= 0.3 is 5.97 Å². The Hall–Kier alpha value is -1.77. The Morgan fingerprint density at radius 1 is 0.786 bits per heavy atom. The predicted octanol–water partition coefficient (Wildman–Crippen LogP) is 7.80. The molecule has 0 aliphatic carbocycles. The molecule has 0 aliphatic heterocycles. The molecule has 0 saturated carbocycles. The molecule has 0 radical (unpaired) electrons. The molecule has 0 aromatic heterocycles. The number of allylic oxidation sites excluding steroid dienone is 2. The number of carboxylic acids is 1. The highest BCUT2D eigenvalue weighted by Gasteiger charge is 2.01. The Balaban J connectivity index is 1.84. The molecule has 1 N–H and O–H groups in total. The van der Waals surface area contributed by atoms with Crippen molar-refractivity contribution < 1.29 is 14.6 Å². The van der Waals surface area contributed by atoms with Crippen LogP contribution in [0.25, 0.3) is 0 Å². The first-order valence-corrected chi connectivity index (χ1v) is 11.3. The lowest BCUT2D eigenvalue weighted by atomic mass is 10.1. The summed E-state index contributed by atoms with van der Waals surface area (Å²) in [4.78, 5) is 10.8. The van der Waals surface area contributed by atoms with E-state index in [4.69, 9.17) is 9.84 Å². The van der Waals surface area contributed by atoms with Crippen LogP contribution in [0.15, 0.2) is 36.4 Å². The standard InChI is InChI=1S/C25H40O3/c1-2-3-4-5-6-7-8-9-10-11-12-13-14-15-16-17-22-28-24-20-18-23(19-21-24)25(26)27/h9-10,18-21H,2-8,11-17,22H2,1H3,(H,26,27)/b10-9-. The highest BCUT2D eigenvalue weighted by Crippen LogP contribution is 2.14. The lowest BCUT2D eigenvalue weighted by Crippen LogP contribution is -1.99. The molecule has 0 amide bonds. The van der Waals surface area contributed by atoms with E-state index in [1.807, 2.05) is 0 Å². The third kappa shape index (κ3) is 13.4. The van der Waals surface area contributed by atoms with E-state index in [-0.39, 0.29) is 0 Å². The normalized spacial score (nSPS) is 11.2. The van der Waals surface area contributed by atoms with E-state index in [1.165, 1.54) is 83.5 Å². The first kappa shape index (κ1) is 24.3. The Bertz CT molecular complexity index is 519. The number of unbranched alkanes of at least 4 members (excludes halogenated alkanes) is 12. The van der Waals surface area contributed by atoms with Crippen molar-refractivity contribution in [3.05, 3.63) is 42.0 Å². The zero-order valence-electron chi connectivity index (χ0n) is 17.8. The Morgan fingerprint density at radius 2 is 1.29 bits per heavy atom. The van der Waals surface area contributed by atoms with Crippen molar-refractivity contribution in [2.24, 2.45) is 0 Å². The zero-order valence-corrected chi connectivity index (χ0v) is 17.8. The van der Waals surface area contributed by atoms with E-state index < -0.39 is 5.97 Å². The second kappa shape index (κ2) is 17.3. The number of carbonyl (C=O) groups is 1. The molecule has 0 bridgehead atoms. The molecule has 1 aromatic carbocycles. The van der Waals surface area contributed by atoms with Gasteiger partial charge in [-0.05, 0) is 56.4 Å². The predicted molar refractivity (Wildman–Crippen MR) is 118 cm³/mol. The molecule has 28 heavy (non-hydrogen) atoms. The van der Waals surface area contributed by atoms with Crippen LogP contribution >= 0.6 is 0 Å². The molecule has 0 unspecified atom stereocenters. The van der Waals surface area contributed by atoms with Gasteiger partial charge in [0.25, 0.3) is 0 Å². The molecule has 0 saturated heterocycles. The first-order valence-electron chi connectivity index (χ1n) is 11.3. The van der Waals surface area contributed by atoms with Crippen molar-refractivity contribution in [1.29, 1.82) is 0 Å². The smallest absolute Gasteiger partial charge is 0.335 e. The Kier molecular flexibility index (Phi) is 15.0. The number of aromatic carboxylic acids is 1. The topological polar surface area (TPSA) is 46.5 Å². The maximum Gasteiger partial charge on any atom is 0.335 e. The monoisotopic (exact) mass is 388 g/mol. The summed E-state index contributed by atoms with van der Waals surface area (Å²) >= 11 is 0. The third-order valence-electron chi connectivity index (χ3n) is 5.03. The SMILES string of the molecule is CCCCCCCC/C=C\CCCCCCCCOc1ccc(C(=O)O)cc1. The average molecular weight is 389 g/mol. The molecule has 1 aromatic rings. The van der Waals surface area contributed by atoms with Crippen LogP contribution in [0, 0.1) is 0 Å². The number of ether oxygens (including phenoxy) is 1. The van der Waals surface area contributed by atoms with Gasteiger partial charge in [0.2, 0.25) is 0 Å². The minimum absolute atomic E-state index is 0.296. The molecule has 0 atom stereocenters. The number of benzene rings is 1. The Morgan fingerprint density at radius 3 is 1.82 bits per heavy atom. The van der Waals surface area contributed by atoms with Gasteiger partial charge in [0.1, 0.15) is 5.75 Å². The van der Waals surface area contributed by atoms with Crippen molar-refractivity contribution in [3.8, 4) is 5.75 Å². The summed E-state index contributed by atoms with van der Waals surface area (Å²) in [7, 11) is 0. The van der Waals surface area contributed by atoms with Gasteiger partial charge in [0.15, 0.2) is 0 Å². The van der Waals surface area contributed by atoms with Crippen molar-refractivity contribution in [3.63, 3.8) is 0 Å². The molecule has 1 rings (SSSR count). The van der Waals surface area contributed by atoms with Crippen LogP contribution in [-0.4, -0.2) is 17.7 Å². The fraction of sp³-hybridized carbons (Fsp3) is 0.640.